The van der Waals surface area contributed by atoms with Gasteiger partial charge in [-0.25, -0.2) is 4.79 Å². The first-order valence-corrected chi connectivity index (χ1v) is 9.83. The molecule has 3 fully saturated rings. The molecule has 0 radical (unpaired) electrons. The first-order chi connectivity index (χ1) is 13.0. The third-order valence-electron chi connectivity index (χ3n) is 6.68. The van der Waals surface area contributed by atoms with E-state index in [1.807, 2.05) is 11.7 Å². The van der Waals surface area contributed by atoms with Crippen molar-refractivity contribution in [2.45, 2.75) is 38.0 Å². The summed E-state index contributed by atoms with van der Waals surface area (Å²) >= 11 is 0. The van der Waals surface area contributed by atoms with Crippen LogP contribution in [-0.4, -0.2) is 41.4 Å². The van der Waals surface area contributed by atoms with E-state index in [1.54, 1.807) is 4.90 Å². The number of urea groups is 1. The minimum absolute atomic E-state index is 0.226. The third-order valence-corrected chi connectivity index (χ3v) is 6.68. The van der Waals surface area contributed by atoms with Crippen molar-refractivity contribution in [1.82, 2.24) is 20.4 Å². The van der Waals surface area contributed by atoms with Gasteiger partial charge in [0.2, 0.25) is 5.91 Å². The standard InChI is InChI=1S/C20H25N5O2/c1-24-16-10-14(13-4-7-20(8-5-13)11-21-12-20)2-3-15(16)18(23-24)25-9-6-17(26)22-19(25)27/h2-3,10,13,21H,4-9,11-12H2,1H3,(H,22,26,27). The number of hydrogen-bond acceptors (Lipinski definition) is 4. The van der Waals surface area contributed by atoms with Gasteiger partial charge in [0.1, 0.15) is 0 Å². The molecule has 3 heterocycles. The van der Waals surface area contributed by atoms with Crippen LogP contribution in [-0.2, 0) is 11.8 Å². The van der Waals surface area contributed by atoms with Gasteiger partial charge < -0.3 is 5.32 Å². The fourth-order valence-electron chi connectivity index (χ4n) is 4.87. The number of rotatable bonds is 2. The van der Waals surface area contributed by atoms with Gasteiger partial charge in [0, 0.05) is 38.5 Å². The Kier molecular flexibility index (Phi) is 3.75. The molecule has 1 aliphatic carbocycles. The van der Waals surface area contributed by atoms with Gasteiger partial charge in [-0.1, -0.05) is 6.07 Å². The van der Waals surface area contributed by atoms with E-state index in [0.717, 1.165) is 10.9 Å². The van der Waals surface area contributed by atoms with Crippen LogP contribution in [0.3, 0.4) is 0 Å². The molecule has 1 saturated carbocycles. The lowest BCUT2D eigenvalue weighted by atomic mass is 9.66. The van der Waals surface area contributed by atoms with Crippen molar-refractivity contribution in [2.24, 2.45) is 12.5 Å². The monoisotopic (exact) mass is 367 g/mol. The molecule has 0 bridgehead atoms. The molecule has 0 unspecified atom stereocenters. The molecule has 142 valence electrons. The van der Waals surface area contributed by atoms with Crippen LogP contribution in [0, 0.1) is 5.41 Å². The fourth-order valence-corrected chi connectivity index (χ4v) is 4.87. The van der Waals surface area contributed by atoms with E-state index in [2.05, 4.69) is 33.9 Å². The second-order valence-electron chi connectivity index (χ2n) is 8.36. The average molecular weight is 367 g/mol. The predicted octanol–water partition coefficient (Wildman–Crippen LogP) is 2.27. The lowest BCUT2D eigenvalue weighted by molar-refractivity contribution is -0.120. The van der Waals surface area contributed by atoms with E-state index in [1.165, 1.54) is 44.3 Å². The highest BCUT2D eigenvalue weighted by atomic mass is 16.2. The van der Waals surface area contributed by atoms with Crippen molar-refractivity contribution in [1.29, 1.82) is 0 Å². The highest BCUT2D eigenvalue weighted by molar-refractivity contribution is 6.08. The SMILES string of the molecule is Cn1nc(N2CCC(=O)NC2=O)c2ccc(C3CCC4(CC3)CNC4)cc21. The van der Waals surface area contributed by atoms with Crippen LogP contribution in [0.2, 0.25) is 0 Å². The van der Waals surface area contributed by atoms with Gasteiger partial charge in [-0.2, -0.15) is 5.10 Å². The van der Waals surface area contributed by atoms with Gasteiger partial charge in [-0.3, -0.25) is 19.7 Å². The number of nitrogens with one attached hydrogen (secondary N) is 2. The molecule has 2 aromatic rings. The summed E-state index contributed by atoms with van der Waals surface area (Å²) in [4.78, 5) is 25.2. The molecule has 7 heteroatoms. The van der Waals surface area contributed by atoms with Crippen LogP contribution in [0.5, 0.6) is 0 Å². The number of nitrogens with zero attached hydrogens (tertiary/aromatic N) is 3. The fraction of sp³-hybridized carbons (Fsp3) is 0.550. The maximum atomic E-state index is 12.2. The number of anilines is 1. The van der Waals surface area contributed by atoms with Gasteiger partial charge in [0.05, 0.1) is 5.52 Å². The normalized spacial score (nSPS) is 22.9. The highest BCUT2D eigenvalue weighted by Gasteiger charge is 2.40. The molecule has 2 saturated heterocycles. The predicted molar refractivity (Wildman–Crippen MR) is 103 cm³/mol. The number of fused-ring (bicyclic) bond motifs is 1. The molecule has 1 aromatic carbocycles. The van der Waals surface area contributed by atoms with E-state index < -0.39 is 0 Å². The summed E-state index contributed by atoms with van der Waals surface area (Å²) in [6.45, 7) is 2.74. The van der Waals surface area contributed by atoms with E-state index >= 15 is 0 Å². The average Bonchev–Trinajstić information content (AvgIpc) is 2.97. The zero-order chi connectivity index (χ0) is 18.6. The van der Waals surface area contributed by atoms with E-state index in [-0.39, 0.29) is 11.9 Å². The Balaban J connectivity index is 1.42. The summed E-state index contributed by atoms with van der Waals surface area (Å²) in [5, 5.41) is 11.3. The van der Waals surface area contributed by atoms with Crippen LogP contribution in [0.4, 0.5) is 10.6 Å². The Bertz CT molecular complexity index is 920. The summed E-state index contributed by atoms with van der Waals surface area (Å²) in [5.41, 5.74) is 2.98. The second-order valence-corrected chi connectivity index (χ2v) is 8.36. The summed E-state index contributed by atoms with van der Waals surface area (Å²) < 4.78 is 1.85. The number of carbonyl (C=O) groups is 2. The molecule has 5 rings (SSSR count). The molecule has 0 atom stereocenters. The highest BCUT2D eigenvalue weighted by Crippen LogP contribution is 2.45. The van der Waals surface area contributed by atoms with Crippen LogP contribution >= 0.6 is 0 Å². The number of carbonyl (C=O) groups excluding carboxylic acids is 2. The molecule has 3 amide bonds. The minimum Gasteiger partial charge on any atom is -0.316 e. The maximum absolute atomic E-state index is 12.2. The van der Waals surface area contributed by atoms with Crippen molar-refractivity contribution in [3.05, 3.63) is 23.8 Å². The molecule has 2 aliphatic heterocycles. The summed E-state index contributed by atoms with van der Waals surface area (Å²) in [5.74, 6) is 1.01. The van der Waals surface area contributed by atoms with Gasteiger partial charge in [-0.05, 0) is 54.7 Å². The van der Waals surface area contributed by atoms with E-state index in [0.29, 0.717) is 30.1 Å². The van der Waals surface area contributed by atoms with Crippen molar-refractivity contribution >= 4 is 28.7 Å². The van der Waals surface area contributed by atoms with E-state index in [9.17, 15) is 9.59 Å². The Labute approximate surface area is 158 Å². The molecular weight excluding hydrogens is 342 g/mol. The van der Waals surface area contributed by atoms with Crippen LogP contribution < -0.4 is 15.5 Å². The topological polar surface area (TPSA) is 79.3 Å². The lowest BCUT2D eigenvalue weighted by Gasteiger charge is -2.47. The van der Waals surface area contributed by atoms with Crippen molar-refractivity contribution in [3.63, 3.8) is 0 Å². The smallest absolute Gasteiger partial charge is 0.316 e. The third kappa shape index (κ3) is 2.72. The number of amides is 3. The first-order valence-electron chi connectivity index (χ1n) is 9.83. The molecule has 3 aliphatic rings. The quantitative estimate of drug-likeness (QED) is 0.853. The van der Waals surface area contributed by atoms with Gasteiger partial charge in [0.25, 0.3) is 0 Å². The van der Waals surface area contributed by atoms with Crippen molar-refractivity contribution in [3.8, 4) is 0 Å². The van der Waals surface area contributed by atoms with Gasteiger partial charge in [0.15, 0.2) is 5.82 Å². The van der Waals surface area contributed by atoms with Crippen molar-refractivity contribution in [2.75, 3.05) is 24.5 Å². The van der Waals surface area contributed by atoms with Gasteiger partial charge >= 0.3 is 6.03 Å². The minimum atomic E-state index is -0.387. The Morgan fingerprint density at radius 1 is 1.19 bits per heavy atom. The number of imide groups is 1. The number of aromatic nitrogens is 2. The summed E-state index contributed by atoms with van der Waals surface area (Å²) in [7, 11) is 1.92. The Morgan fingerprint density at radius 3 is 2.63 bits per heavy atom. The second kappa shape index (κ2) is 6.05. The largest absolute Gasteiger partial charge is 0.329 e. The number of benzene rings is 1. The first kappa shape index (κ1) is 16.7. The maximum Gasteiger partial charge on any atom is 0.329 e. The molecule has 7 nitrogen and oxygen atoms in total. The molecular formula is C20H25N5O2. The van der Waals surface area contributed by atoms with Crippen LogP contribution in [0.15, 0.2) is 18.2 Å². The van der Waals surface area contributed by atoms with Crippen LogP contribution in [0.25, 0.3) is 10.9 Å². The molecule has 2 N–H and O–H groups in total. The Morgan fingerprint density at radius 2 is 1.96 bits per heavy atom. The summed E-state index contributed by atoms with van der Waals surface area (Å²) in [6, 6.07) is 6.14. The number of aryl methyl sites for hydroxylation is 1. The van der Waals surface area contributed by atoms with E-state index in [4.69, 9.17) is 0 Å². The Hall–Kier alpha value is -2.41. The molecule has 27 heavy (non-hydrogen) atoms. The van der Waals surface area contributed by atoms with Crippen molar-refractivity contribution < 1.29 is 9.59 Å². The van der Waals surface area contributed by atoms with Crippen LogP contribution in [0.1, 0.15) is 43.6 Å². The number of hydrogen-bond donors (Lipinski definition) is 2. The zero-order valence-electron chi connectivity index (χ0n) is 15.6. The lowest BCUT2D eigenvalue weighted by Crippen LogP contribution is -2.54. The zero-order valence-corrected chi connectivity index (χ0v) is 15.6. The van der Waals surface area contributed by atoms with Gasteiger partial charge in [-0.15, -0.1) is 0 Å². The molecule has 1 aromatic heterocycles. The summed E-state index contributed by atoms with van der Waals surface area (Å²) in [6.07, 6.45) is 5.41. The molecule has 1 spiro atoms.